The van der Waals surface area contributed by atoms with E-state index in [0.29, 0.717) is 23.6 Å². The molecule has 9 heteroatoms. The monoisotopic (exact) mass is 555 g/mol. The molecule has 0 aromatic carbocycles. The van der Waals surface area contributed by atoms with Gasteiger partial charge in [0.2, 0.25) is 0 Å². The lowest BCUT2D eigenvalue weighted by molar-refractivity contribution is -0.154. The number of aliphatic hydroxyl groups excluding tert-OH is 2. The number of carbonyl (C=O) groups excluding carboxylic acids is 2. The van der Waals surface area contributed by atoms with Crippen LogP contribution in [0.15, 0.2) is 10.4 Å². The number of hydrogen-bond acceptors (Lipinski definition) is 8. The van der Waals surface area contributed by atoms with Gasteiger partial charge in [-0.2, -0.15) is 0 Å². The van der Waals surface area contributed by atoms with Crippen LogP contribution in [-0.2, 0) is 19.1 Å². The molecular formula is C28H42ClNO6S. The molecular weight excluding hydrogens is 514 g/mol. The zero-order valence-electron chi connectivity index (χ0n) is 22.8. The first kappa shape index (κ1) is 30.2. The molecule has 0 radical (unpaired) electrons. The Hall–Kier alpha value is -1.32. The number of esters is 1. The number of halogens is 1. The molecule has 2 unspecified atom stereocenters. The molecule has 0 bridgehead atoms. The summed E-state index contributed by atoms with van der Waals surface area (Å²) in [6, 6.07) is 0. The standard InChI is InChI=1S/C28H42ClNO6S/c1-7-9-19-25(33)16(2)10-8-11-28(6)23(36-28)13-21(20(29)12-18-15-37-17(3)30-18)35-24(32)14-22(31)27(4,5)26(19)34/h12,15-16,19,21-23,25,31,33H,7-11,13-14H2,1-6H3/b20-12-/t16-,19+,21-,22+,23?,25-,28?/m0/s1. The lowest BCUT2D eigenvalue weighted by Gasteiger charge is -2.36. The molecule has 0 amide bonds. The van der Waals surface area contributed by atoms with E-state index in [1.54, 1.807) is 19.9 Å². The van der Waals surface area contributed by atoms with Gasteiger partial charge in [0, 0.05) is 17.7 Å². The summed E-state index contributed by atoms with van der Waals surface area (Å²) in [4.78, 5) is 31.0. The number of hydrogen-bond donors (Lipinski definition) is 2. The average molecular weight is 556 g/mol. The number of cyclic esters (lactones) is 1. The number of ketones is 1. The first-order valence-corrected chi connectivity index (χ1v) is 14.6. The summed E-state index contributed by atoms with van der Waals surface area (Å²) in [6.07, 6.45) is 2.38. The van der Waals surface area contributed by atoms with Crippen LogP contribution in [0.3, 0.4) is 0 Å². The molecule has 0 saturated carbocycles. The Kier molecular flexibility index (Phi) is 10.0. The van der Waals surface area contributed by atoms with E-state index in [0.717, 1.165) is 30.7 Å². The van der Waals surface area contributed by atoms with E-state index in [2.05, 4.69) is 4.98 Å². The van der Waals surface area contributed by atoms with Crippen molar-refractivity contribution >= 4 is 40.8 Å². The van der Waals surface area contributed by atoms with Gasteiger partial charge in [0.05, 0.1) is 51.5 Å². The van der Waals surface area contributed by atoms with E-state index in [1.807, 2.05) is 33.1 Å². The maximum Gasteiger partial charge on any atom is 0.309 e. The molecule has 2 saturated heterocycles. The summed E-state index contributed by atoms with van der Waals surface area (Å²) in [5, 5.41) is 25.3. The number of nitrogens with zero attached hydrogens (tertiary/aromatic N) is 1. The molecule has 7 atom stereocenters. The highest BCUT2D eigenvalue weighted by Crippen LogP contribution is 2.45. The largest absolute Gasteiger partial charge is 0.456 e. The highest BCUT2D eigenvalue weighted by molar-refractivity contribution is 7.09. The number of aromatic nitrogens is 1. The van der Waals surface area contributed by atoms with Gasteiger partial charge in [-0.05, 0) is 45.1 Å². The van der Waals surface area contributed by atoms with Crippen molar-refractivity contribution in [3.05, 3.63) is 21.1 Å². The molecule has 37 heavy (non-hydrogen) atoms. The lowest BCUT2D eigenvalue weighted by atomic mass is 9.71. The van der Waals surface area contributed by atoms with Gasteiger partial charge in [0.1, 0.15) is 11.9 Å². The Bertz CT molecular complexity index is 993. The second kappa shape index (κ2) is 12.2. The predicted molar refractivity (Wildman–Crippen MR) is 145 cm³/mol. The van der Waals surface area contributed by atoms with Gasteiger partial charge in [-0.3, -0.25) is 9.59 Å². The summed E-state index contributed by atoms with van der Waals surface area (Å²) in [7, 11) is 0. The molecule has 3 rings (SSSR count). The Morgan fingerprint density at radius 1 is 1.30 bits per heavy atom. The molecule has 1 aromatic rings. The Morgan fingerprint density at radius 3 is 2.62 bits per heavy atom. The van der Waals surface area contributed by atoms with E-state index in [4.69, 9.17) is 21.1 Å². The van der Waals surface area contributed by atoms with Crippen LogP contribution in [0.2, 0.25) is 0 Å². The third-order valence-electron chi connectivity index (χ3n) is 8.06. The Balaban J connectivity index is 1.88. The van der Waals surface area contributed by atoms with Gasteiger partial charge in [-0.1, -0.05) is 52.1 Å². The molecule has 208 valence electrons. The topological polar surface area (TPSA) is 109 Å². The number of aliphatic hydroxyl groups is 2. The zero-order chi connectivity index (χ0) is 27.5. The molecule has 2 aliphatic rings. The van der Waals surface area contributed by atoms with E-state index in [9.17, 15) is 19.8 Å². The average Bonchev–Trinajstić information content (AvgIpc) is 3.27. The van der Waals surface area contributed by atoms with Crippen molar-refractivity contribution in [3.63, 3.8) is 0 Å². The number of aryl methyl sites for hydroxylation is 1. The van der Waals surface area contributed by atoms with Crippen LogP contribution in [0, 0.1) is 24.2 Å². The van der Waals surface area contributed by atoms with E-state index < -0.39 is 35.6 Å². The van der Waals surface area contributed by atoms with Crippen LogP contribution in [0.5, 0.6) is 0 Å². The lowest BCUT2D eigenvalue weighted by Crippen LogP contribution is -2.46. The van der Waals surface area contributed by atoms with Crippen molar-refractivity contribution in [1.82, 2.24) is 4.98 Å². The summed E-state index contributed by atoms with van der Waals surface area (Å²) in [6.45, 7) is 11.2. The first-order chi connectivity index (χ1) is 17.3. The van der Waals surface area contributed by atoms with Crippen LogP contribution in [0.25, 0.3) is 6.08 Å². The van der Waals surface area contributed by atoms with E-state index in [-0.39, 0.29) is 29.8 Å². The van der Waals surface area contributed by atoms with Crippen LogP contribution < -0.4 is 0 Å². The van der Waals surface area contributed by atoms with Gasteiger partial charge in [-0.25, -0.2) is 4.98 Å². The quantitative estimate of drug-likeness (QED) is 0.376. The molecule has 2 fully saturated rings. The Labute approximate surface area is 229 Å². The molecule has 0 spiro atoms. The number of carbonyl (C=O) groups is 2. The number of thiazole rings is 1. The highest BCUT2D eigenvalue weighted by atomic mass is 35.5. The highest BCUT2D eigenvalue weighted by Gasteiger charge is 2.53. The van der Waals surface area contributed by atoms with Crippen molar-refractivity contribution in [2.24, 2.45) is 17.3 Å². The second-order valence-corrected chi connectivity index (χ2v) is 13.0. The molecule has 2 aliphatic heterocycles. The molecule has 1 aromatic heterocycles. The summed E-state index contributed by atoms with van der Waals surface area (Å²) >= 11 is 8.15. The van der Waals surface area contributed by atoms with Crippen LogP contribution >= 0.6 is 22.9 Å². The third kappa shape index (κ3) is 7.41. The van der Waals surface area contributed by atoms with Crippen molar-refractivity contribution in [2.45, 2.75) is 117 Å². The smallest absolute Gasteiger partial charge is 0.309 e. The van der Waals surface area contributed by atoms with Gasteiger partial charge in [-0.15, -0.1) is 11.3 Å². The number of rotatable bonds is 4. The van der Waals surface area contributed by atoms with E-state index in [1.165, 1.54) is 11.3 Å². The molecule has 3 heterocycles. The minimum Gasteiger partial charge on any atom is -0.456 e. The van der Waals surface area contributed by atoms with Crippen molar-refractivity contribution in [3.8, 4) is 0 Å². The van der Waals surface area contributed by atoms with Gasteiger partial charge in [0.15, 0.2) is 0 Å². The molecule has 0 aliphatic carbocycles. The predicted octanol–water partition coefficient (Wildman–Crippen LogP) is 5.43. The SMILES string of the molecule is CCC[C@H]1C(=O)C(C)(C)[C@H](O)CC(=O)O[C@H](/C(Cl)=C/c2csc(C)n2)CC2OC2(C)CCC[C@H](C)[C@@H]1O. The van der Waals surface area contributed by atoms with Crippen LogP contribution in [0.1, 0.15) is 90.3 Å². The summed E-state index contributed by atoms with van der Waals surface area (Å²) < 4.78 is 11.8. The van der Waals surface area contributed by atoms with E-state index >= 15 is 0 Å². The maximum atomic E-state index is 13.6. The zero-order valence-corrected chi connectivity index (χ0v) is 24.4. The van der Waals surface area contributed by atoms with Gasteiger partial charge < -0.3 is 19.7 Å². The number of Topliss-reactive ketones (excluding diaryl/α,β-unsaturated/α-hetero) is 1. The molecule has 2 N–H and O–H groups in total. The maximum absolute atomic E-state index is 13.6. The minimum atomic E-state index is -1.27. The van der Waals surface area contributed by atoms with Crippen LogP contribution in [0.4, 0.5) is 0 Å². The van der Waals surface area contributed by atoms with Gasteiger partial charge >= 0.3 is 5.97 Å². The third-order valence-corrected chi connectivity index (χ3v) is 9.20. The number of epoxide rings is 1. The minimum absolute atomic E-state index is 0.0844. The normalized spacial score (nSPS) is 36.1. The van der Waals surface area contributed by atoms with Crippen LogP contribution in [-0.4, -0.2) is 57.0 Å². The first-order valence-electron chi connectivity index (χ1n) is 13.4. The summed E-state index contributed by atoms with van der Waals surface area (Å²) in [5.74, 6) is -1.57. The van der Waals surface area contributed by atoms with Crippen molar-refractivity contribution in [1.29, 1.82) is 0 Å². The fourth-order valence-corrected chi connectivity index (χ4v) is 6.09. The van der Waals surface area contributed by atoms with Crippen molar-refractivity contribution < 1.29 is 29.3 Å². The molecule has 7 nitrogen and oxygen atoms in total. The van der Waals surface area contributed by atoms with Gasteiger partial charge in [0.25, 0.3) is 0 Å². The fourth-order valence-electron chi connectivity index (χ4n) is 5.27. The summed E-state index contributed by atoms with van der Waals surface area (Å²) in [5.41, 5.74) is -0.903. The Morgan fingerprint density at radius 2 is 2.00 bits per heavy atom. The number of fused-ring (bicyclic) bond motifs is 1. The fraction of sp³-hybridized carbons (Fsp3) is 0.750. The second-order valence-electron chi connectivity index (χ2n) is 11.5. The van der Waals surface area contributed by atoms with Crippen molar-refractivity contribution in [2.75, 3.05) is 0 Å². The number of ether oxygens (including phenoxy) is 2.